The summed E-state index contributed by atoms with van der Waals surface area (Å²) in [6.07, 6.45) is 7.01. The van der Waals surface area contributed by atoms with E-state index in [0.717, 1.165) is 15.4 Å². The zero-order chi connectivity index (χ0) is 11.1. The van der Waals surface area contributed by atoms with E-state index in [-0.39, 0.29) is 0 Å². The molecule has 0 bridgehead atoms. The Balaban J connectivity index is 1.79. The highest BCUT2D eigenvalue weighted by atomic mass is 127. The minimum absolute atomic E-state index is 0.517. The SMILES string of the molecule is Nc1c(I)cnn1C1CCN2CCCC2C1. The zero-order valence-electron chi connectivity index (χ0n) is 9.27. The molecule has 0 aromatic carbocycles. The molecule has 0 amide bonds. The van der Waals surface area contributed by atoms with Gasteiger partial charge in [0.25, 0.3) is 0 Å². The van der Waals surface area contributed by atoms with Crippen LogP contribution in [0.5, 0.6) is 0 Å². The molecule has 1 aromatic heterocycles. The van der Waals surface area contributed by atoms with E-state index in [1.54, 1.807) is 0 Å². The molecule has 2 aliphatic rings. The normalized spacial score (nSPS) is 30.6. The van der Waals surface area contributed by atoms with E-state index in [2.05, 4.69) is 32.6 Å². The van der Waals surface area contributed by atoms with Crippen LogP contribution in [-0.4, -0.2) is 33.8 Å². The second-order valence-electron chi connectivity index (χ2n) is 4.83. The van der Waals surface area contributed by atoms with Crippen molar-refractivity contribution in [3.8, 4) is 0 Å². The maximum absolute atomic E-state index is 6.05. The molecule has 1 aromatic rings. The van der Waals surface area contributed by atoms with Gasteiger partial charge < -0.3 is 10.6 Å². The molecule has 2 unspecified atom stereocenters. The van der Waals surface area contributed by atoms with Crippen LogP contribution in [0.25, 0.3) is 0 Å². The average Bonchev–Trinajstić information content (AvgIpc) is 2.86. The summed E-state index contributed by atoms with van der Waals surface area (Å²) in [5.41, 5.74) is 6.05. The Morgan fingerprint density at radius 3 is 2.94 bits per heavy atom. The molecule has 0 spiro atoms. The van der Waals surface area contributed by atoms with Gasteiger partial charge in [-0.2, -0.15) is 5.10 Å². The van der Waals surface area contributed by atoms with Gasteiger partial charge in [0.1, 0.15) is 5.82 Å². The monoisotopic (exact) mass is 332 g/mol. The van der Waals surface area contributed by atoms with Gasteiger partial charge in [-0.1, -0.05) is 0 Å². The summed E-state index contributed by atoms with van der Waals surface area (Å²) >= 11 is 2.25. The standard InChI is InChI=1S/C11H17IN4/c12-10-7-14-16(11(10)13)9-3-5-15-4-1-2-8(15)6-9/h7-9H,1-6,13H2. The number of rotatable bonds is 1. The molecule has 3 heterocycles. The number of nitrogen functional groups attached to an aromatic ring is 1. The molecular weight excluding hydrogens is 315 g/mol. The van der Waals surface area contributed by atoms with Gasteiger partial charge in [0, 0.05) is 12.6 Å². The zero-order valence-corrected chi connectivity index (χ0v) is 11.4. The number of halogens is 1. The first kappa shape index (κ1) is 10.8. The number of aromatic nitrogens is 2. The average molecular weight is 332 g/mol. The minimum atomic E-state index is 0.517. The lowest BCUT2D eigenvalue weighted by atomic mass is 9.98. The van der Waals surface area contributed by atoms with Crippen molar-refractivity contribution in [2.45, 2.75) is 37.8 Å². The van der Waals surface area contributed by atoms with Crippen molar-refractivity contribution in [3.63, 3.8) is 0 Å². The smallest absolute Gasteiger partial charge is 0.135 e. The Bertz CT molecular complexity index is 389. The number of nitrogens with two attached hydrogens (primary N) is 1. The summed E-state index contributed by atoms with van der Waals surface area (Å²) in [6, 6.07) is 1.29. The van der Waals surface area contributed by atoms with E-state index >= 15 is 0 Å². The van der Waals surface area contributed by atoms with Crippen molar-refractivity contribution in [2.24, 2.45) is 0 Å². The third-order valence-electron chi connectivity index (χ3n) is 3.93. The highest BCUT2D eigenvalue weighted by Gasteiger charge is 2.33. The fraction of sp³-hybridized carbons (Fsp3) is 0.727. The van der Waals surface area contributed by atoms with Gasteiger partial charge in [-0.3, -0.25) is 0 Å². The van der Waals surface area contributed by atoms with Crippen LogP contribution >= 0.6 is 22.6 Å². The van der Waals surface area contributed by atoms with E-state index in [1.807, 2.05) is 10.9 Å². The largest absolute Gasteiger partial charge is 0.383 e. The van der Waals surface area contributed by atoms with Crippen LogP contribution in [0.15, 0.2) is 6.20 Å². The molecule has 2 atom stereocenters. The molecule has 2 N–H and O–H groups in total. The summed E-state index contributed by atoms with van der Waals surface area (Å²) in [6.45, 7) is 2.51. The quantitative estimate of drug-likeness (QED) is 0.799. The van der Waals surface area contributed by atoms with Crippen LogP contribution < -0.4 is 5.73 Å². The fourth-order valence-corrected chi connectivity index (χ4v) is 3.44. The Morgan fingerprint density at radius 2 is 2.19 bits per heavy atom. The van der Waals surface area contributed by atoms with E-state index in [0.29, 0.717) is 6.04 Å². The van der Waals surface area contributed by atoms with Crippen LogP contribution in [0.2, 0.25) is 0 Å². The van der Waals surface area contributed by atoms with Gasteiger partial charge >= 0.3 is 0 Å². The summed E-state index contributed by atoms with van der Waals surface area (Å²) in [5, 5.41) is 4.42. The Hall–Kier alpha value is -0.300. The first-order valence-corrected chi connectivity index (χ1v) is 7.06. The van der Waals surface area contributed by atoms with E-state index in [9.17, 15) is 0 Å². The van der Waals surface area contributed by atoms with Crippen LogP contribution in [0.1, 0.15) is 31.7 Å². The number of hydrogen-bond donors (Lipinski definition) is 1. The molecule has 16 heavy (non-hydrogen) atoms. The third kappa shape index (κ3) is 1.73. The van der Waals surface area contributed by atoms with Gasteiger partial charge in [0.15, 0.2) is 0 Å². The molecule has 3 rings (SSSR count). The highest BCUT2D eigenvalue weighted by molar-refractivity contribution is 14.1. The van der Waals surface area contributed by atoms with Gasteiger partial charge in [-0.25, -0.2) is 4.68 Å². The van der Waals surface area contributed by atoms with Gasteiger partial charge in [0.05, 0.1) is 15.8 Å². The maximum atomic E-state index is 6.05. The van der Waals surface area contributed by atoms with Gasteiger partial charge in [0.2, 0.25) is 0 Å². The van der Waals surface area contributed by atoms with E-state index in [4.69, 9.17) is 5.73 Å². The van der Waals surface area contributed by atoms with E-state index < -0.39 is 0 Å². The molecule has 5 heteroatoms. The number of hydrogen-bond acceptors (Lipinski definition) is 3. The van der Waals surface area contributed by atoms with Crippen LogP contribution in [0.3, 0.4) is 0 Å². The molecule has 0 radical (unpaired) electrons. The predicted octanol–water partition coefficient (Wildman–Crippen LogP) is 1.87. The number of nitrogens with zero attached hydrogens (tertiary/aromatic N) is 3. The Labute approximate surface area is 109 Å². The molecular formula is C11H17IN4. The third-order valence-corrected chi connectivity index (χ3v) is 4.76. The van der Waals surface area contributed by atoms with Gasteiger partial charge in [-0.15, -0.1) is 0 Å². The second kappa shape index (κ2) is 4.18. The first-order chi connectivity index (χ1) is 7.75. The molecule has 2 aliphatic heterocycles. The van der Waals surface area contributed by atoms with E-state index in [1.165, 1.54) is 38.8 Å². The van der Waals surface area contributed by atoms with Crippen molar-refractivity contribution in [2.75, 3.05) is 18.8 Å². The van der Waals surface area contributed by atoms with Crippen molar-refractivity contribution < 1.29 is 0 Å². The highest BCUT2D eigenvalue weighted by Crippen LogP contribution is 2.34. The van der Waals surface area contributed by atoms with Crippen molar-refractivity contribution >= 4 is 28.4 Å². The van der Waals surface area contributed by atoms with Crippen LogP contribution in [0.4, 0.5) is 5.82 Å². The van der Waals surface area contributed by atoms with Crippen LogP contribution in [0, 0.1) is 3.57 Å². The number of anilines is 1. The number of piperidine rings is 1. The topological polar surface area (TPSA) is 47.1 Å². The van der Waals surface area contributed by atoms with Crippen molar-refractivity contribution in [3.05, 3.63) is 9.77 Å². The molecule has 0 aliphatic carbocycles. The summed E-state index contributed by atoms with van der Waals surface area (Å²) < 4.78 is 3.11. The molecule has 88 valence electrons. The maximum Gasteiger partial charge on any atom is 0.135 e. The molecule has 0 saturated carbocycles. The number of fused-ring (bicyclic) bond motifs is 1. The summed E-state index contributed by atoms with van der Waals surface area (Å²) in [4.78, 5) is 2.63. The summed E-state index contributed by atoms with van der Waals surface area (Å²) in [5.74, 6) is 0.844. The summed E-state index contributed by atoms with van der Waals surface area (Å²) in [7, 11) is 0. The molecule has 2 fully saturated rings. The molecule has 4 nitrogen and oxygen atoms in total. The van der Waals surface area contributed by atoms with Crippen molar-refractivity contribution in [1.29, 1.82) is 0 Å². The van der Waals surface area contributed by atoms with Crippen LogP contribution in [-0.2, 0) is 0 Å². The minimum Gasteiger partial charge on any atom is -0.383 e. The second-order valence-corrected chi connectivity index (χ2v) is 5.99. The Morgan fingerprint density at radius 1 is 1.31 bits per heavy atom. The first-order valence-electron chi connectivity index (χ1n) is 5.98. The van der Waals surface area contributed by atoms with Gasteiger partial charge in [-0.05, 0) is 54.8 Å². The molecule has 2 saturated heterocycles. The lowest BCUT2D eigenvalue weighted by Gasteiger charge is -2.35. The Kier molecular flexibility index (Phi) is 2.83. The predicted molar refractivity (Wildman–Crippen MR) is 72.2 cm³/mol. The lowest BCUT2D eigenvalue weighted by Crippen LogP contribution is -2.39. The lowest BCUT2D eigenvalue weighted by molar-refractivity contribution is 0.150. The van der Waals surface area contributed by atoms with Crippen molar-refractivity contribution in [1.82, 2.24) is 14.7 Å². The fourth-order valence-electron chi connectivity index (χ4n) is 3.07.